The largest absolute Gasteiger partial charge is 0.476 e. The van der Waals surface area contributed by atoms with Gasteiger partial charge in [-0.1, -0.05) is 13.8 Å². The first kappa shape index (κ1) is 24.3. The Balaban J connectivity index is 1.78. The van der Waals surface area contributed by atoms with Crippen molar-refractivity contribution in [2.24, 2.45) is 11.8 Å². The number of aliphatic hydroxyl groups is 1. The monoisotopic (exact) mass is 449 g/mol. The van der Waals surface area contributed by atoms with E-state index in [2.05, 4.69) is 15.2 Å². The minimum Gasteiger partial charge on any atom is -0.476 e. The molecule has 1 amide bonds. The van der Waals surface area contributed by atoms with Crippen molar-refractivity contribution < 1.29 is 28.9 Å². The fourth-order valence-corrected chi connectivity index (χ4v) is 3.93. The maximum absolute atomic E-state index is 13.0. The van der Waals surface area contributed by atoms with E-state index in [0.29, 0.717) is 31.2 Å². The molecule has 3 rings (SSSR count). The average molecular weight is 450 g/mol. The number of carbonyl (C=O) groups is 2. The summed E-state index contributed by atoms with van der Waals surface area (Å²) >= 11 is 0. The van der Waals surface area contributed by atoms with Crippen LogP contribution >= 0.6 is 0 Å². The van der Waals surface area contributed by atoms with Gasteiger partial charge in [-0.3, -0.25) is 4.79 Å². The summed E-state index contributed by atoms with van der Waals surface area (Å²) in [5.41, 5.74) is -0.115. The first-order chi connectivity index (χ1) is 15.4. The molecule has 32 heavy (non-hydrogen) atoms. The topological polar surface area (TPSA) is 110 Å². The van der Waals surface area contributed by atoms with Gasteiger partial charge in [0, 0.05) is 26.8 Å². The molecular weight excluding hydrogens is 414 g/mol. The zero-order valence-corrected chi connectivity index (χ0v) is 19.4. The molecule has 2 atom stereocenters. The molecule has 1 aliphatic carbocycles. The molecule has 0 bridgehead atoms. The number of nitrogens with zero attached hydrogens (tertiary/aromatic N) is 2. The van der Waals surface area contributed by atoms with Gasteiger partial charge in [-0.2, -0.15) is 0 Å². The zero-order valence-electron chi connectivity index (χ0n) is 19.4. The first-order valence-electron chi connectivity index (χ1n) is 11.4. The van der Waals surface area contributed by atoms with Gasteiger partial charge in [0.25, 0.3) is 5.91 Å². The van der Waals surface area contributed by atoms with Crippen LogP contribution < -0.4 is 15.0 Å². The summed E-state index contributed by atoms with van der Waals surface area (Å²) in [4.78, 5) is 32.2. The molecule has 9 heteroatoms. The number of carbonyl (C=O) groups excluding carboxylic acids is 2. The van der Waals surface area contributed by atoms with Crippen LogP contribution in [0, 0.1) is 11.8 Å². The van der Waals surface area contributed by atoms with Crippen LogP contribution in [0.4, 0.5) is 5.69 Å². The molecule has 0 spiro atoms. The molecule has 2 aliphatic rings. The molecule has 2 N–H and O–H groups in total. The molecule has 0 unspecified atom stereocenters. The number of aromatic nitrogens is 1. The third kappa shape index (κ3) is 5.15. The lowest BCUT2D eigenvalue weighted by molar-refractivity contribution is -0.151. The van der Waals surface area contributed by atoms with E-state index in [1.165, 1.54) is 0 Å². The Morgan fingerprint density at radius 1 is 1.22 bits per heavy atom. The quantitative estimate of drug-likeness (QED) is 0.465. The number of pyridine rings is 1. The second-order valence-electron chi connectivity index (χ2n) is 8.50. The van der Waals surface area contributed by atoms with Gasteiger partial charge in [-0.05, 0) is 50.2 Å². The Morgan fingerprint density at radius 2 is 1.94 bits per heavy atom. The van der Waals surface area contributed by atoms with Crippen LogP contribution in [0.2, 0.25) is 0 Å². The highest BCUT2D eigenvalue weighted by Crippen LogP contribution is 2.39. The second-order valence-corrected chi connectivity index (χ2v) is 8.50. The molecule has 178 valence electrons. The van der Waals surface area contributed by atoms with Crippen LogP contribution in [0.25, 0.3) is 0 Å². The zero-order chi connectivity index (χ0) is 23.3. The molecule has 1 aromatic heterocycles. The van der Waals surface area contributed by atoms with E-state index in [1.54, 1.807) is 20.1 Å². The average Bonchev–Trinajstić information content (AvgIpc) is 3.54. The van der Waals surface area contributed by atoms with E-state index in [1.807, 2.05) is 19.9 Å². The number of hydrogen-bond acceptors (Lipinski definition) is 8. The van der Waals surface area contributed by atoms with Gasteiger partial charge >= 0.3 is 5.97 Å². The molecule has 1 saturated carbocycles. The molecule has 0 aromatic carbocycles. The summed E-state index contributed by atoms with van der Waals surface area (Å²) in [5.74, 6) is 0.0566. The summed E-state index contributed by atoms with van der Waals surface area (Å²) in [7, 11) is 1.69. The highest BCUT2D eigenvalue weighted by molar-refractivity contribution is 5.97. The SMILES string of the molecule is CCOC(=O)C(CC)(CC)NC(=O)c1ccc(N2CC(OC)C2)c(OC[C@@H]2C[C@H]2CO)n1. The fourth-order valence-electron chi connectivity index (χ4n) is 3.93. The number of aliphatic hydroxyl groups excluding tert-OH is 1. The normalized spacial score (nSPS) is 20.5. The van der Waals surface area contributed by atoms with E-state index >= 15 is 0 Å². The Kier molecular flexibility index (Phi) is 7.95. The predicted molar refractivity (Wildman–Crippen MR) is 119 cm³/mol. The Labute approximate surface area is 189 Å². The van der Waals surface area contributed by atoms with Crippen molar-refractivity contribution >= 4 is 17.6 Å². The van der Waals surface area contributed by atoms with Gasteiger partial charge in [0.15, 0.2) is 0 Å². The Morgan fingerprint density at radius 3 is 2.50 bits per heavy atom. The lowest BCUT2D eigenvalue weighted by atomic mass is 9.92. The van der Waals surface area contributed by atoms with Gasteiger partial charge in [0.1, 0.15) is 16.9 Å². The van der Waals surface area contributed by atoms with E-state index in [-0.39, 0.29) is 30.9 Å². The minimum atomic E-state index is -1.10. The van der Waals surface area contributed by atoms with Crippen molar-refractivity contribution in [2.75, 3.05) is 44.9 Å². The molecule has 1 aliphatic heterocycles. The van der Waals surface area contributed by atoms with Crippen LogP contribution in [0.15, 0.2) is 12.1 Å². The molecule has 2 heterocycles. The van der Waals surface area contributed by atoms with Crippen molar-refractivity contribution in [1.82, 2.24) is 10.3 Å². The van der Waals surface area contributed by atoms with E-state index < -0.39 is 17.4 Å². The number of anilines is 1. The van der Waals surface area contributed by atoms with Crippen LogP contribution in [0.1, 0.15) is 50.5 Å². The van der Waals surface area contributed by atoms with Gasteiger partial charge < -0.3 is 29.5 Å². The Hall–Kier alpha value is -2.39. The van der Waals surface area contributed by atoms with Crippen molar-refractivity contribution in [3.05, 3.63) is 17.8 Å². The molecule has 1 saturated heterocycles. The van der Waals surface area contributed by atoms with Crippen LogP contribution in [-0.4, -0.2) is 73.6 Å². The first-order valence-corrected chi connectivity index (χ1v) is 11.4. The highest BCUT2D eigenvalue weighted by Gasteiger charge is 2.40. The number of nitrogens with one attached hydrogen (secondary N) is 1. The molecule has 2 fully saturated rings. The lowest BCUT2D eigenvalue weighted by Gasteiger charge is -2.40. The number of esters is 1. The van der Waals surface area contributed by atoms with Crippen LogP contribution in [0.5, 0.6) is 5.88 Å². The van der Waals surface area contributed by atoms with E-state index in [4.69, 9.17) is 14.2 Å². The second kappa shape index (κ2) is 10.5. The minimum absolute atomic E-state index is 0.155. The van der Waals surface area contributed by atoms with Gasteiger partial charge in [-0.15, -0.1) is 0 Å². The van der Waals surface area contributed by atoms with Gasteiger partial charge in [-0.25, -0.2) is 9.78 Å². The number of ether oxygens (including phenoxy) is 3. The summed E-state index contributed by atoms with van der Waals surface area (Å²) < 4.78 is 16.6. The third-order valence-electron chi connectivity index (χ3n) is 6.56. The maximum Gasteiger partial charge on any atom is 0.331 e. The van der Waals surface area contributed by atoms with Crippen molar-refractivity contribution in [3.8, 4) is 5.88 Å². The number of methoxy groups -OCH3 is 1. The van der Waals surface area contributed by atoms with Crippen molar-refractivity contribution in [1.29, 1.82) is 0 Å². The van der Waals surface area contributed by atoms with Crippen LogP contribution in [0.3, 0.4) is 0 Å². The maximum atomic E-state index is 13.0. The number of amides is 1. The van der Waals surface area contributed by atoms with Gasteiger partial charge in [0.2, 0.25) is 5.88 Å². The molecule has 0 radical (unpaired) electrons. The van der Waals surface area contributed by atoms with Crippen molar-refractivity contribution in [2.45, 2.75) is 51.7 Å². The fraction of sp³-hybridized carbons (Fsp3) is 0.696. The van der Waals surface area contributed by atoms with Crippen LogP contribution in [-0.2, 0) is 14.3 Å². The standard InChI is InChI=1S/C23H35N3O6/c1-5-23(6-2,22(29)31-7-3)25-20(28)18-8-9-19(26-11-17(12-26)30-4)21(24-18)32-14-16-10-15(16)13-27/h8-9,15-17,27H,5-7,10-14H2,1-4H3,(H,25,28)/t15-,16-/m0/s1. The summed E-state index contributed by atoms with van der Waals surface area (Å²) in [6.07, 6.45) is 1.90. The van der Waals surface area contributed by atoms with Crippen molar-refractivity contribution in [3.63, 3.8) is 0 Å². The molecule has 9 nitrogen and oxygen atoms in total. The van der Waals surface area contributed by atoms with E-state index in [9.17, 15) is 14.7 Å². The molecule has 1 aromatic rings. The summed E-state index contributed by atoms with van der Waals surface area (Å²) in [5, 5.41) is 12.1. The van der Waals surface area contributed by atoms with E-state index in [0.717, 1.165) is 25.2 Å². The smallest absolute Gasteiger partial charge is 0.331 e. The molecular formula is C23H35N3O6. The Bertz CT molecular complexity index is 807. The summed E-state index contributed by atoms with van der Waals surface area (Å²) in [6.45, 7) is 7.71. The predicted octanol–water partition coefficient (Wildman–Crippen LogP) is 1.78. The third-order valence-corrected chi connectivity index (χ3v) is 6.56. The number of rotatable bonds is 12. The van der Waals surface area contributed by atoms with Gasteiger partial charge in [0.05, 0.1) is 19.3 Å². The number of hydrogen-bond donors (Lipinski definition) is 2. The lowest BCUT2D eigenvalue weighted by Crippen LogP contribution is -2.54. The summed E-state index contributed by atoms with van der Waals surface area (Å²) in [6, 6.07) is 3.47. The highest BCUT2D eigenvalue weighted by atomic mass is 16.5.